The Labute approximate surface area is 76.5 Å². The number of rotatable bonds is 1. The summed E-state index contributed by atoms with van der Waals surface area (Å²) in [6, 6.07) is 0. The molecule has 0 spiro atoms. The predicted molar refractivity (Wildman–Crippen MR) is 54.1 cm³/mol. The Bertz CT molecular complexity index is 130. The van der Waals surface area contributed by atoms with Crippen LogP contribution < -0.4 is 0 Å². The fraction of sp³-hybridized carbons (Fsp3) is 0.818. The normalized spacial score (nSPS) is 21.9. The van der Waals surface area contributed by atoms with E-state index in [-0.39, 0.29) is 0 Å². The quantitative estimate of drug-likeness (QED) is 0.599. The van der Waals surface area contributed by atoms with Crippen molar-refractivity contribution in [3.8, 4) is 0 Å². The second kappa shape index (κ2) is 5.36. The van der Waals surface area contributed by atoms with Crippen LogP contribution in [0.25, 0.3) is 0 Å². The van der Waals surface area contributed by atoms with Crippen LogP contribution in [0.4, 0.5) is 0 Å². The minimum Gasteiger partial charge on any atom is -0.390 e. The fourth-order valence-electron chi connectivity index (χ4n) is 0.784. The maximum absolute atomic E-state index is 8.83. The van der Waals surface area contributed by atoms with Gasteiger partial charge in [0, 0.05) is 0 Å². The van der Waals surface area contributed by atoms with E-state index in [1.54, 1.807) is 13.8 Å². The van der Waals surface area contributed by atoms with E-state index in [0.29, 0.717) is 0 Å². The zero-order chi connectivity index (χ0) is 9.61. The van der Waals surface area contributed by atoms with Gasteiger partial charge in [0.05, 0.1) is 5.60 Å². The SMILES string of the molecule is CC1C=CCC1.CCC(C)(C)O. The average Bonchev–Trinajstić information content (AvgIpc) is 2.39. The first-order chi connectivity index (χ1) is 5.45. The molecule has 1 heteroatoms. The first kappa shape index (κ1) is 11.7. The highest BCUT2D eigenvalue weighted by atomic mass is 16.3. The van der Waals surface area contributed by atoms with Crippen LogP contribution in [0.1, 0.15) is 47.0 Å². The van der Waals surface area contributed by atoms with Gasteiger partial charge in [-0.1, -0.05) is 26.0 Å². The van der Waals surface area contributed by atoms with Gasteiger partial charge in [0.2, 0.25) is 0 Å². The summed E-state index contributed by atoms with van der Waals surface area (Å²) in [4.78, 5) is 0. The van der Waals surface area contributed by atoms with Gasteiger partial charge in [-0.05, 0) is 39.0 Å². The van der Waals surface area contributed by atoms with Crippen molar-refractivity contribution < 1.29 is 5.11 Å². The Kier molecular flexibility index (Phi) is 5.23. The highest BCUT2D eigenvalue weighted by molar-refractivity contribution is 4.93. The van der Waals surface area contributed by atoms with E-state index in [1.807, 2.05) is 6.92 Å². The van der Waals surface area contributed by atoms with Crippen LogP contribution in [0, 0.1) is 5.92 Å². The lowest BCUT2D eigenvalue weighted by Crippen LogP contribution is -2.15. The summed E-state index contributed by atoms with van der Waals surface area (Å²) < 4.78 is 0. The summed E-state index contributed by atoms with van der Waals surface area (Å²) in [5.74, 6) is 0.866. The van der Waals surface area contributed by atoms with Crippen molar-refractivity contribution in [3.05, 3.63) is 12.2 Å². The maximum Gasteiger partial charge on any atom is 0.0589 e. The lowest BCUT2D eigenvalue weighted by molar-refractivity contribution is 0.0765. The van der Waals surface area contributed by atoms with Gasteiger partial charge in [0.15, 0.2) is 0 Å². The highest BCUT2D eigenvalue weighted by Gasteiger charge is 2.05. The van der Waals surface area contributed by atoms with Gasteiger partial charge >= 0.3 is 0 Å². The van der Waals surface area contributed by atoms with Crippen molar-refractivity contribution in [1.29, 1.82) is 0 Å². The molecule has 0 radical (unpaired) electrons. The molecule has 0 saturated heterocycles. The number of allylic oxidation sites excluding steroid dienone is 2. The molecular formula is C11H22O. The van der Waals surface area contributed by atoms with Crippen molar-refractivity contribution in [1.82, 2.24) is 0 Å². The fourth-order valence-corrected chi connectivity index (χ4v) is 0.784. The summed E-state index contributed by atoms with van der Waals surface area (Å²) in [5.41, 5.74) is -0.458. The molecule has 0 aromatic carbocycles. The molecular weight excluding hydrogens is 148 g/mol. The highest BCUT2D eigenvalue weighted by Crippen LogP contribution is 2.14. The second-order valence-electron chi connectivity index (χ2n) is 4.15. The average molecular weight is 170 g/mol. The summed E-state index contributed by atoms with van der Waals surface area (Å²) in [6.07, 6.45) is 8.04. The van der Waals surface area contributed by atoms with E-state index >= 15 is 0 Å². The third-order valence-electron chi connectivity index (χ3n) is 2.12. The minimum atomic E-state index is -0.458. The standard InChI is InChI=1S/C6H10.C5H12O/c1-6-4-2-3-5-6;1-4-5(2,3)6/h2,4,6H,3,5H2,1H3;6H,4H2,1-3H3. The van der Waals surface area contributed by atoms with Crippen molar-refractivity contribution in [2.24, 2.45) is 5.92 Å². The van der Waals surface area contributed by atoms with E-state index in [0.717, 1.165) is 12.3 Å². The topological polar surface area (TPSA) is 20.2 Å². The van der Waals surface area contributed by atoms with Crippen molar-refractivity contribution >= 4 is 0 Å². The van der Waals surface area contributed by atoms with Crippen LogP contribution >= 0.6 is 0 Å². The van der Waals surface area contributed by atoms with Gasteiger partial charge in [-0.2, -0.15) is 0 Å². The van der Waals surface area contributed by atoms with Crippen LogP contribution in [-0.2, 0) is 0 Å². The van der Waals surface area contributed by atoms with Gasteiger partial charge in [-0.15, -0.1) is 0 Å². The zero-order valence-electron chi connectivity index (χ0n) is 8.80. The van der Waals surface area contributed by atoms with Gasteiger partial charge in [-0.3, -0.25) is 0 Å². The largest absolute Gasteiger partial charge is 0.390 e. The Morgan fingerprint density at radius 2 is 2.00 bits per heavy atom. The molecule has 1 rings (SSSR count). The van der Waals surface area contributed by atoms with Crippen LogP contribution in [0.2, 0.25) is 0 Å². The molecule has 0 aromatic heterocycles. The summed E-state index contributed by atoms with van der Waals surface area (Å²) in [5, 5.41) is 8.83. The lowest BCUT2D eigenvalue weighted by atomic mass is 10.1. The lowest BCUT2D eigenvalue weighted by Gasteiger charge is -2.11. The minimum absolute atomic E-state index is 0.458. The Balaban J connectivity index is 0.000000202. The maximum atomic E-state index is 8.83. The molecule has 0 heterocycles. The van der Waals surface area contributed by atoms with Gasteiger partial charge < -0.3 is 5.11 Å². The molecule has 1 unspecified atom stereocenters. The molecule has 0 aromatic rings. The summed E-state index contributed by atoms with van der Waals surface area (Å²) in [7, 11) is 0. The zero-order valence-corrected chi connectivity index (χ0v) is 8.80. The van der Waals surface area contributed by atoms with Crippen molar-refractivity contribution in [3.63, 3.8) is 0 Å². The number of hydrogen-bond donors (Lipinski definition) is 1. The molecule has 0 aliphatic heterocycles. The first-order valence-electron chi connectivity index (χ1n) is 4.84. The molecule has 1 aliphatic rings. The molecule has 72 valence electrons. The Hall–Kier alpha value is -0.300. The number of aliphatic hydroxyl groups is 1. The predicted octanol–water partition coefficient (Wildman–Crippen LogP) is 3.14. The van der Waals surface area contributed by atoms with E-state index in [1.165, 1.54) is 12.8 Å². The van der Waals surface area contributed by atoms with Crippen molar-refractivity contribution in [2.75, 3.05) is 0 Å². The molecule has 0 saturated carbocycles. The van der Waals surface area contributed by atoms with Crippen LogP contribution in [0.5, 0.6) is 0 Å². The molecule has 12 heavy (non-hydrogen) atoms. The van der Waals surface area contributed by atoms with Crippen LogP contribution in [-0.4, -0.2) is 10.7 Å². The molecule has 1 atom stereocenters. The van der Waals surface area contributed by atoms with Crippen LogP contribution in [0.15, 0.2) is 12.2 Å². The molecule has 0 fully saturated rings. The molecule has 0 bridgehead atoms. The Morgan fingerprint density at radius 3 is 2.08 bits per heavy atom. The van der Waals surface area contributed by atoms with E-state index in [9.17, 15) is 0 Å². The monoisotopic (exact) mass is 170 g/mol. The molecule has 1 N–H and O–H groups in total. The molecule has 0 amide bonds. The third kappa shape index (κ3) is 7.80. The van der Waals surface area contributed by atoms with E-state index in [4.69, 9.17) is 5.11 Å². The summed E-state index contributed by atoms with van der Waals surface area (Å²) >= 11 is 0. The van der Waals surface area contributed by atoms with Gasteiger partial charge in [0.25, 0.3) is 0 Å². The number of hydrogen-bond acceptors (Lipinski definition) is 1. The van der Waals surface area contributed by atoms with Gasteiger partial charge in [-0.25, -0.2) is 0 Å². The Morgan fingerprint density at radius 1 is 1.50 bits per heavy atom. The third-order valence-corrected chi connectivity index (χ3v) is 2.12. The molecule has 1 nitrogen and oxygen atoms in total. The first-order valence-corrected chi connectivity index (χ1v) is 4.84. The van der Waals surface area contributed by atoms with Crippen LogP contribution in [0.3, 0.4) is 0 Å². The van der Waals surface area contributed by atoms with Crippen molar-refractivity contribution in [2.45, 2.75) is 52.6 Å². The second-order valence-corrected chi connectivity index (χ2v) is 4.15. The summed E-state index contributed by atoms with van der Waals surface area (Å²) in [6.45, 7) is 7.81. The smallest absolute Gasteiger partial charge is 0.0589 e. The van der Waals surface area contributed by atoms with E-state index in [2.05, 4.69) is 19.1 Å². The molecule has 1 aliphatic carbocycles. The van der Waals surface area contributed by atoms with Gasteiger partial charge in [0.1, 0.15) is 0 Å². The van der Waals surface area contributed by atoms with E-state index < -0.39 is 5.60 Å².